The van der Waals surface area contributed by atoms with E-state index in [2.05, 4.69) is 24.2 Å². The van der Waals surface area contributed by atoms with E-state index in [0.717, 1.165) is 32.3 Å². The second-order valence-corrected chi connectivity index (χ2v) is 6.61. The number of hydrogen-bond acceptors (Lipinski definition) is 4. The quantitative estimate of drug-likeness (QED) is 0.530. The van der Waals surface area contributed by atoms with E-state index >= 15 is 0 Å². The lowest BCUT2D eigenvalue weighted by atomic mass is 9.93. The van der Waals surface area contributed by atoms with Crippen molar-refractivity contribution in [2.45, 2.75) is 70.4 Å². The van der Waals surface area contributed by atoms with Gasteiger partial charge in [0.2, 0.25) is 0 Å². The number of nitrogens with zero attached hydrogens (tertiary/aromatic N) is 1. The Bertz CT molecular complexity index is 243. The van der Waals surface area contributed by atoms with Crippen molar-refractivity contribution in [2.75, 3.05) is 47.0 Å². The molecule has 1 aliphatic rings. The number of hydrogen-bond donors (Lipinski definition) is 1. The van der Waals surface area contributed by atoms with Gasteiger partial charge in [0.05, 0.1) is 12.7 Å². The van der Waals surface area contributed by atoms with Crippen LogP contribution in [0.2, 0.25) is 0 Å². The molecule has 132 valence electrons. The van der Waals surface area contributed by atoms with Gasteiger partial charge in [0.1, 0.15) is 0 Å². The summed E-state index contributed by atoms with van der Waals surface area (Å²) in [5.74, 6) is 0. The number of nitrogens with one attached hydrogen (secondary N) is 1. The molecule has 22 heavy (non-hydrogen) atoms. The van der Waals surface area contributed by atoms with Crippen LogP contribution in [0.3, 0.4) is 0 Å². The van der Waals surface area contributed by atoms with Crippen molar-refractivity contribution in [3.8, 4) is 0 Å². The molecule has 4 nitrogen and oxygen atoms in total. The molecule has 1 saturated carbocycles. The van der Waals surface area contributed by atoms with Gasteiger partial charge < -0.3 is 19.7 Å². The molecule has 4 heteroatoms. The van der Waals surface area contributed by atoms with Crippen molar-refractivity contribution in [2.24, 2.45) is 0 Å². The summed E-state index contributed by atoms with van der Waals surface area (Å²) in [7, 11) is 3.94. The number of unbranched alkanes of at least 4 members (excludes halogenated alkanes) is 3. The van der Waals surface area contributed by atoms with Crippen molar-refractivity contribution in [3.63, 3.8) is 0 Å². The van der Waals surface area contributed by atoms with E-state index in [1.54, 1.807) is 7.11 Å². The Hall–Kier alpha value is -0.160. The summed E-state index contributed by atoms with van der Waals surface area (Å²) in [6.45, 7) is 7.29. The van der Waals surface area contributed by atoms with Gasteiger partial charge >= 0.3 is 0 Å². The minimum atomic E-state index is 0.523. The first-order chi connectivity index (χ1) is 10.8. The minimum Gasteiger partial charge on any atom is -0.383 e. The highest BCUT2D eigenvalue weighted by Crippen LogP contribution is 2.21. The molecule has 0 atom stereocenters. The summed E-state index contributed by atoms with van der Waals surface area (Å²) in [6.07, 6.45) is 10.7. The highest BCUT2D eigenvalue weighted by atomic mass is 16.5. The molecule has 1 fully saturated rings. The van der Waals surface area contributed by atoms with Crippen LogP contribution in [0, 0.1) is 0 Å². The van der Waals surface area contributed by atoms with Gasteiger partial charge in [-0.05, 0) is 58.7 Å². The Labute approximate surface area is 137 Å². The highest BCUT2D eigenvalue weighted by Gasteiger charge is 2.20. The van der Waals surface area contributed by atoms with E-state index in [4.69, 9.17) is 9.47 Å². The first kappa shape index (κ1) is 19.9. The van der Waals surface area contributed by atoms with E-state index in [9.17, 15) is 0 Å². The van der Waals surface area contributed by atoms with E-state index in [1.165, 1.54) is 57.9 Å². The van der Waals surface area contributed by atoms with Crippen molar-refractivity contribution in [1.82, 2.24) is 10.2 Å². The van der Waals surface area contributed by atoms with Crippen LogP contribution in [0.1, 0.15) is 58.3 Å². The monoisotopic (exact) mass is 314 g/mol. The maximum atomic E-state index is 6.04. The summed E-state index contributed by atoms with van der Waals surface area (Å²) in [4.78, 5) is 2.35. The van der Waals surface area contributed by atoms with Crippen LogP contribution >= 0.6 is 0 Å². The molecule has 0 bridgehead atoms. The summed E-state index contributed by atoms with van der Waals surface area (Å²) >= 11 is 0. The van der Waals surface area contributed by atoms with E-state index < -0.39 is 0 Å². The van der Waals surface area contributed by atoms with Crippen LogP contribution in [0.25, 0.3) is 0 Å². The van der Waals surface area contributed by atoms with Gasteiger partial charge in [0, 0.05) is 26.3 Å². The van der Waals surface area contributed by atoms with Crippen molar-refractivity contribution >= 4 is 0 Å². The lowest BCUT2D eigenvalue weighted by molar-refractivity contribution is 0.0205. The number of rotatable bonds is 13. The SMILES string of the molecule is CCN[C@H]1CC[C@H](OCCCCCCN(C)CCOC)CC1. The van der Waals surface area contributed by atoms with Crippen molar-refractivity contribution in [3.05, 3.63) is 0 Å². The van der Waals surface area contributed by atoms with Crippen LogP contribution in [-0.2, 0) is 9.47 Å². The normalized spacial score (nSPS) is 22.4. The molecule has 0 aliphatic heterocycles. The Kier molecular flexibility index (Phi) is 12.0. The van der Waals surface area contributed by atoms with Gasteiger partial charge in [0.15, 0.2) is 0 Å². The molecule has 0 saturated heterocycles. The fourth-order valence-electron chi connectivity index (χ4n) is 3.17. The van der Waals surface area contributed by atoms with Gasteiger partial charge in [-0.2, -0.15) is 0 Å². The van der Waals surface area contributed by atoms with E-state index in [-0.39, 0.29) is 0 Å². The third kappa shape index (κ3) is 9.78. The minimum absolute atomic E-state index is 0.523. The van der Waals surface area contributed by atoms with Gasteiger partial charge in [0.25, 0.3) is 0 Å². The zero-order valence-electron chi connectivity index (χ0n) is 15.1. The van der Waals surface area contributed by atoms with E-state index in [0.29, 0.717) is 6.10 Å². The van der Waals surface area contributed by atoms with Crippen molar-refractivity contribution < 1.29 is 9.47 Å². The van der Waals surface area contributed by atoms with Crippen molar-refractivity contribution in [1.29, 1.82) is 0 Å². The fourth-order valence-corrected chi connectivity index (χ4v) is 3.17. The second kappa shape index (κ2) is 13.3. The first-order valence-electron chi connectivity index (χ1n) is 9.28. The maximum absolute atomic E-state index is 6.04. The number of methoxy groups -OCH3 is 1. The third-order valence-corrected chi connectivity index (χ3v) is 4.63. The topological polar surface area (TPSA) is 33.7 Å². The third-order valence-electron chi connectivity index (χ3n) is 4.63. The lowest BCUT2D eigenvalue weighted by Crippen LogP contribution is -2.35. The second-order valence-electron chi connectivity index (χ2n) is 6.61. The molecule has 0 aromatic carbocycles. The largest absolute Gasteiger partial charge is 0.383 e. The molecule has 1 aliphatic carbocycles. The van der Waals surface area contributed by atoms with Crippen LogP contribution in [0.15, 0.2) is 0 Å². The highest BCUT2D eigenvalue weighted by molar-refractivity contribution is 4.77. The number of ether oxygens (including phenoxy) is 2. The standard InChI is InChI=1S/C18H38N2O2/c1-4-19-17-9-11-18(12-10-17)22-15-8-6-5-7-13-20(2)14-16-21-3/h17-19H,4-16H2,1-3H3/t17-,18-. The Balaban J connectivity index is 1.86. The summed E-state index contributed by atoms with van der Waals surface area (Å²) < 4.78 is 11.1. The Morgan fingerprint density at radius 2 is 1.68 bits per heavy atom. The predicted octanol–water partition coefficient (Wildman–Crippen LogP) is 3.06. The molecule has 0 heterocycles. The van der Waals surface area contributed by atoms with Gasteiger partial charge in [-0.3, -0.25) is 0 Å². The first-order valence-corrected chi connectivity index (χ1v) is 9.28. The van der Waals surface area contributed by atoms with Crippen LogP contribution in [-0.4, -0.2) is 64.1 Å². The zero-order valence-corrected chi connectivity index (χ0v) is 15.1. The molecule has 0 aromatic heterocycles. The van der Waals surface area contributed by atoms with Gasteiger partial charge in [-0.25, -0.2) is 0 Å². The van der Waals surface area contributed by atoms with Crippen LogP contribution in [0.5, 0.6) is 0 Å². The van der Waals surface area contributed by atoms with E-state index in [1.807, 2.05) is 0 Å². The molecule has 0 unspecified atom stereocenters. The average Bonchev–Trinajstić information content (AvgIpc) is 2.54. The van der Waals surface area contributed by atoms with Crippen LogP contribution in [0.4, 0.5) is 0 Å². The lowest BCUT2D eigenvalue weighted by Gasteiger charge is -2.29. The number of likely N-dealkylation sites (N-methyl/N-ethyl adjacent to an activating group) is 1. The fraction of sp³-hybridized carbons (Fsp3) is 1.00. The summed E-state index contributed by atoms with van der Waals surface area (Å²) in [5, 5.41) is 3.55. The molecular formula is C18H38N2O2. The summed E-state index contributed by atoms with van der Waals surface area (Å²) in [5.41, 5.74) is 0. The predicted molar refractivity (Wildman–Crippen MR) is 93.5 cm³/mol. The average molecular weight is 315 g/mol. The van der Waals surface area contributed by atoms with Crippen LogP contribution < -0.4 is 5.32 Å². The van der Waals surface area contributed by atoms with Gasteiger partial charge in [-0.1, -0.05) is 19.8 Å². The Morgan fingerprint density at radius 3 is 2.36 bits per heavy atom. The smallest absolute Gasteiger partial charge is 0.0589 e. The summed E-state index contributed by atoms with van der Waals surface area (Å²) in [6, 6.07) is 0.736. The maximum Gasteiger partial charge on any atom is 0.0589 e. The molecular weight excluding hydrogens is 276 g/mol. The molecule has 0 aromatic rings. The molecule has 0 spiro atoms. The van der Waals surface area contributed by atoms with Gasteiger partial charge in [-0.15, -0.1) is 0 Å². The Morgan fingerprint density at radius 1 is 0.955 bits per heavy atom. The molecule has 0 radical (unpaired) electrons. The molecule has 0 amide bonds. The molecule has 1 rings (SSSR count). The molecule has 1 N–H and O–H groups in total. The zero-order chi connectivity index (χ0) is 16.0.